The lowest BCUT2D eigenvalue weighted by atomic mass is 10.1. The Hall–Kier alpha value is -1.70. The van der Waals surface area contributed by atoms with Crippen molar-refractivity contribution in [3.05, 3.63) is 36.4 Å². The maximum absolute atomic E-state index is 3.43. The molecule has 0 aromatic heterocycles. The summed E-state index contributed by atoms with van der Waals surface area (Å²) in [6, 6.07) is 12.8. The minimum atomic E-state index is 0.980. The maximum Gasteiger partial charge on any atom is 0.0441 e. The topological polar surface area (TPSA) is 24.1 Å². The first kappa shape index (κ1) is 7.68. The highest BCUT2D eigenvalue weighted by atomic mass is 15.0. The van der Waals surface area contributed by atoms with E-state index < -0.39 is 0 Å². The Bertz CT molecular complexity index is 436. The van der Waals surface area contributed by atoms with Crippen LogP contribution in [0.4, 0.5) is 11.4 Å². The third-order valence-electron chi connectivity index (χ3n) is 2.66. The van der Waals surface area contributed by atoms with Crippen molar-refractivity contribution in [3.63, 3.8) is 0 Å². The van der Waals surface area contributed by atoms with Crippen LogP contribution in [0.15, 0.2) is 36.4 Å². The van der Waals surface area contributed by atoms with E-state index in [9.17, 15) is 0 Å². The molecule has 14 heavy (non-hydrogen) atoms. The van der Waals surface area contributed by atoms with Gasteiger partial charge in [0.25, 0.3) is 0 Å². The van der Waals surface area contributed by atoms with Gasteiger partial charge in [-0.2, -0.15) is 0 Å². The van der Waals surface area contributed by atoms with Gasteiger partial charge in [0.1, 0.15) is 0 Å². The van der Waals surface area contributed by atoms with Crippen LogP contribution in [0.5, 0.6) is 0 Å². The van der Waals surface area contributed by atoms with E-state index in [1.165, 1.54) is 22.1 Å². The predicted octanol–water partition coefficient (Wildman–Crippen LogP) is 2.68. The van der Waals surface area contributed by atoms with Crippen LogP contribution >= 0.6 is 0 Å². The van der Waals surface area contributed by atoms with Crippen molar-refractivity contribution in [2.45, 2.75) is 0 Å². The molecular weight excluding hydrogens is 172 g/mol. The molecule has 0 radical (unpaired) electrons. The quantitative estimate of drug-likeness (QED) is 0.657. The molecule has 2 heteroatoms. The van der Waals surface area contributed by atoms with Crippen LogP contribution in [-0.4, -0.2) is 13.1 Å². The van der Waals surface area contributed by atoms with Crippen molar-refractivity contribution < 1.29 is 0 Å². The molecule has 0 saturated heterocycles. The van der Waals surface area contributed by atoms with Crippen LogP contribution < -0.4 is 10.6 Å². The SMILES string of the molecule is c1cc2c3c(cccc3c1)NCCN2. The number of nitrogens with one attached hydrogen (secondary N) is 2. The highest BCUT2D eigenvalue weighted by molar-refractivity contribution is 6.03. The summed E-state index contributed by atoms with van der Waals surface area (Å²) in [7, 11) is 0. The number of hydrogen-bond acceptors (Lipinski definition) is 2. The van der Waals surface area contributed by atoms with Crippen molar-refractivity contribution in [2.75, 3.05) is 23.7 Å². The second-order valence-electron chi connectivity index (χ2n) is 3.56. The summed E-state index contributed by atoms with van der Waals surface area (Å²) in [5.41, 5.74) is 2.48. The molecular formula is C12H12N2. The molecule has 2 N–H and O–H groups in total. The first-order chi connectivity index (χ1) is 6.95. The molecule has 0 amide bonds. The summed E-state index contributed by atoms with van der Waals surface area (Å²) >= 11 is 0. The molecule has 0 spiro atoms. The van der Waals surface area contributed by atoms with Crippen LogP contribution in [0.3, 0.4) is 0 Å². The van der Waals surface area contributed by atoms with Crippen molar-refractivity contribution in [1.82, 2.24) is 0 Å². The van der Waals surface area contributed by atoms with Gasteiger partial charge < -0.3 is 10.6 Å². The minimum absolute atomic E-state index is 0.980. The first-order valence-electron chi connectivity index (χ1n) is 4.95. The zero-order valence-electron chi connectivity index (χ0n) is 7.88. The van der Waals surface area contributed by atoms with Gasteiger partial charge in [-0.25, -0.2) is 0 Å². The van der Waals surface area contributed by atoms with Crippen LogP contribution in [0.1, 0.15) is 0 Å². The van der Waals surface area contributed by atoms with Gasteiger partial charge in [0, 0.05) is 29.9 Å². The summed E-state index contributed by atoms with van der Waals surface area (Å²) in [5, 5.41) is 9.46. The van der Waals surface area contributed by atoms with E-state index in [0.717, 1.165) is 13.1 Å². The number of anilines is 2. The molecule has 3 rings (SSSR count). The molecule has 0 atom stereocenters. The molecule has 1 aliphatic heterocycles. The lowest BCUT2D eigenvalue weighted by Gasteiger charge is -2.07. The normalized spacial score (nSPS) is 14.3. The molecule has 1 aliphatic rings. The van der Waals surface area contributed by atoms with Crippen LogP contribution in [0.25, 0.3) is 10.8 Å². The Kier molecular flexibility index (Phi) is 1.60. The Morgan fingerprint density at radius 2 is 1.36 bits per heavy atom. The van der Waals surface area contributed by atoms with Crippen molar-refractivity contribution in [3.8, 4) is 0 Å². The molecule has 2 nitrogen and oxygen atoms in total. The molecule has 0 unspecified atom stereocenters. The molecule has 1 heterocycles. The average Bonchev–Trinajstić information content (AvgIpc) is 2.44. The average molecular weight is 184 g/mol. The van der Waals surface area contributed by atoms with Gasteiger partial charge in [0.05, 0.1) is 0 Å². The number of benzene rings is 2. The molecule has 0 fully saturated rings. The molecule has 0 aliphatic carbocycles. The van der Waals surface area contributed by atoms with Gasteiger partial charge in [0.15, 0.2) is 0 Å². The van der Waals surface area contributed by atoms with E-state index in [4.69, 9.17) is 0 Å². The highest BCUT2D eigenvalue weighted by Crippen LogP contribution is 2.31. The van der Waals surface area contributed by atoms with E-state index in [1.54, 1.807) is 0 Å². The fourth-order valence-electron chi connectivity index (χ4n) is 2.03. The fourth-order valence-corrected chi connectivity index (χ4v) is 2.03. The zero-order chi connectivity index (χ0) is 9.38. The Balaban J connectivity index is 2.41. The third kappa shape index (κ3) is 1.04. The predicted molar refractivity (Wildman–Crippen MR) is 60.9 cm³/mol. The largest absolute Gasteiger partial charge is 0.383 e. The second-order valence-corrected chi connectivity index (χ2v) is 3.56. The smallest absolute Gasteiger partial charge is 0.0441 e. The Labute approximate surface area is 82.9 Å². The second kappa shape index (κ2) is 2.91. The standard InChI is InChI=1S/C12H12N2/c1-3-9-4-2-6-11-12(9)10(5-1)13-7-8-14-11/h1-6,13-14H,7-8H2. The van der Waals surface area contributed by atoms with Gasteiger partial charge in [-0.3, -0.25) is 0 Å². The maximum atomic E-state index is 3.43. The molecule has 2 aromatic carbocycles. The van der Waals surface area contributed by atoms with E-state index in [1.807, 2.05) is 0 Å². The Morgan fingerprint density at radius 3 is 1.93 bits per heavy atom. The monoisotopic (exact) mass is 184 g/mol. The summed E-state index contributed by atoms with van der Waals surface area (Å²) < 4.78 is 0. The van der Waals surface area contributed by atoms with E-state index >= 15 is 0 Å². The lowest BCUT2D eigenvalue weighted by Crippen LogP contribution is -2.09. The number of hydrogen-bond donors (Lipinski definition) is 2. The van der Waals surface area contributed by atoms with E-state index in [-0.39, 0.29) is 0 Å². The first-order valence-corrected chi connectivity index (χ1v) is 4.95. The highest BCUT2D eigenvalue weighted by Gasteiger charge is 2.08. The van der Waals surface area contributed by atoms with Crippen LogP contribution in [-0.2, 0) is 0 Å². The molecule has 0 saturated carbocycles. The van der Waals surface area contributed by atoms with Crippen molar-refractivity contribution >= 4 is 22.1 Å². The summed E-state index contributed by atoms with van der Waals surface area (Å²) in [5.74, 6) is 0. The van der Waals surface area contributed by atoms with Crippen LogP contribution in [0.2, 0.25) is 0 Å². The zero-order valence-corrected chi connectivity index (χ0v) is 7.88. The van der Waals surface area contributed by atoms with Gasteiger partial charge >= 0.3 is 0 Å². The van der Waals surface area contributed by atoms with Crippen LogP contribution in [0, 0.1) is 0 Å². The van der Waals surface area contributed by atoms with E-state index in [0.29, 0.717) is 0 Å². The summed E-state index contributed by atoms with van der Waals surface area (Å²) in [6.07, 6.45) is 0. The lowest BCUT2D eigenvalue weighted by molar-refractivity contribution is 1.10. The summed E-state index contributed by atoms with van der Waals surface area (Å²) in [6.45, 7) is 1.96. The van der Waals surface area contributed by atoms with Gasteiger partial charge in [-0.1, -0.05) is 24.3 Å². The van der Waals surface area contributed by atoms with Gasteiger partial charge in [-0.15, -0.1) is 0 Å². The van der Waals surface area contributed by atoms with Crippen molar-refractivity contribution in [1.29, 1.82) is 0 Å². The molecule has 0 bridgehead atoms. The van der Waals surface area contributed by atoms with Crippen molar-refractivity contribution in [2.24, 2.45) is 0 Å². The minimum Gasteiger partial charge on any atom is -0.383 e. The Morgan fingerprint density at radius 1 is 0.786 bits per heavy atom. The van der Waals surface area contributed by atoms with E-state index in [2.05, 4.69) is 47.0 Å². The number of rotatable bonds is 0. The van der Waals surface area contributed by atoms with Gasteiger partial charge in [0.2, 0.25) is 0 Å². The fraction of sp³-hybridized carbons (Fsp3) is 0.167. The third-order valence-corrected chi connectivity index (χ3v) is 2.66. The summed E-state index contributed by atoms with van der Waals surface area (Å²) in [4.78, 5) is 0. The molecule has 2 aromatic rings. The molecule has 70 valence electrons. The van der Waals surface area contributed by atoms with Gasteiger partial charge in [-0.05, 0) is 17.5 Å².